The Morgan fingerprint density at radius 3 is 1.54 bits per heavy atom. The van der Waals surface area contributed by atoms with Crippen LogP contribution in [0, 0.1) is 0 Å². The summed E-state index contributed by atoms with van der Waals surface area (Å²) in [6.45, 7) is 0. The molecule has 0 N–H and O–H groups in total. The molecule has 0 fully saturated rings. The van der Waals surface area contributed by atoms with Crippen molar-refractivity contribution in [2.75, 3.05) is 11.2 Å². The molecule has 0 spiro atoms. The third-order valence-electron chi connectivity index (χ3n) is 4.19. The van der Waals surface area contributed by atoms with Gasteiger partial charge >= 0.3 is 6.00 Å². The summed E-state index contributed by atoms with van der Waals surface area (Å²) in [6.07, 6.45) is 2.06. The summed E-state index contributed by atoms with van der Waals surface area (Å²) in [5.41, 5.74) is 3.01. The van der Waals surface area contributed by atoms with Crippen LogP contribution in [0.5, 0.6) is 0 Å². The lowest BCUT2D eigenvalue weighted by atomic mass is 10.2. The third-order valence-corrected chi connectivity index (χ3v) is 10.3. The molecule has 0 saturated heterocycles. The molecule has 0 atom stereocenters. The Kier molecular flexibility index (Phi) is 7.73. The molecule has 0 amide bonds. The van der Waals surface area contributed by atoms with Crippen LogP contribution < -0.4 is 15.3 Å². The summed E-state index contributed by atoms with van der Waals surface area (Å²) >= 11 is 32.4. The molecule has 0 aliphatic rings. The minimum Gasteiger partial charge on any atom is -0.311 e. The second-order valence-corrected chi connectivity index (χ2v) is 19.8. The van der Waals surface area contributed by atoms with Gasteiger partial charge in [-0.1, -0.05) is 24.3 Å². The molecule has 146 valence electrons. The average Bonchev–Trinajstić information content (AvgIpc) is 2.69. The molecule has 0 aromatic heterocycles. The molecule has 0 heterocycles. The minimum atomic E-state index is -2.91. The number of halogens is 5. The van der Waals surface area contributed by atoms with E-state index in [0.717, 1.165) is 27.4 Å². The van der Waals surface area contributed by atoms with Gasteiger partial charge in [0.1, 0.15) is 0 Å². The van der Waals surface area contributed by atoms with Crippen molar-refractivity contribution >= 4 is 108 Å². The van der Waals surface area contributed by atoms with Crippen LogP contribution in [0.25, 0.3) is 0 Å². The largest absolute Gasteiger partial charge is 0.372 e. The van der Waals surface area contributed by atoms with E-state index < -0.39 is 13.4 Å². The predicted molar refractivity (Wildman–Crippen MR) is 134 cm³/mol. The standard InChI is InChI=1S/C19H16Cl5NSSi2/c1-26-17-8-2-14(3-9-17)25(15-4-10-18(11-5-15)27(20)21)16-6-12-19(13-7-16)28(22,23)24/h2-13,27H,1H3. The van der Waals surface area contributed by atoms with E-state index in [1.165, 1.54) is 4.90 Å². The first-order valence-electron chi connectivity index (χ1n) is 8.29. The molecule has 0 radical (unpaired) electrons. The summed E-state index contributed by atoms with van der Waals surface area (Å²) in [5, 5.41) is 1.75. The molecule has 3 aromatic carbocycles. The van der Waals surface area contributed by atoms with E-state index in [4.69, 9.17) is 55.4 Å². The second-order valence-electron chi connectivity index (χ2n) is 5.97. The Balaban J connectivity index is 2.05. The number of anilines is 3. The lowest BCUT2D eigenvalue weighted by Gasteiger charge is -2.26. The molecular weight excluding hydrogens is 508 g/mol. The zero-order valence-electron chi connectivity index (χ0n) is 14.8. The Morgan fingerprint density at radius 2 is 1.14 bits per heavy atom. The number of hydrogen-bond acceptors (Lipinski definition) is 2. The van der Waals surface area contributed by atoms with Gasteiger partial charge in [0.2, 0.25) is 0 Å². The molecule has 0 unspecified atom stereocenters. The van der Waals surface area contributed by atoms with Crippen LogP contribution in [-0.4, -0.2) is 19.7 Å². The quantitative estimate of drug-likeness (QED) is 0.202. The Hall–Kier alpha value is -0.306. The first-order valence-corrected chi connectivity index (χ1v) is 18.6. The highest BCUT2D eigenvalue weighted by Gasteiger charge is 2.28. The van der Waals surface area contributed by atoms with Gasteiger partial charge in [-0.2, -0.15) is 0 Å². The van der Waals surface area contributed by atoms with E-state index in [-0.39, 0.29) is 0 Å². The van der Waals surface area contributed by atoms with Crippen LogP contribution in [0.4, 0.5) is 17.1 Å². The van der Waals surface area contributed by atoms with E-state index in [2.05, 4.69) is 35.4 Å². The first kappa shape index (κ1) is 22.4. The van der Waals surface area contributed by atoms with Gasteiger partial charge in [0.25, 0.3) is 7.42 Å². The van der Waals surface area contributed by atoms with Gasteiger partial charge in [0.15, 0.2) is 0 Å². The minimum absolute atomic E-state index is 0.757. The molecule has 0 bridgehead atoms. The molecule has 3 aromatic rings. The summed E-state index contributed by atoms with van der Waals surface area (Å²) < 4.78 is 0. The van der Waals surface area contributed by atoms with Crippen molar-refractivity contribution in [2.24, 2.45) is 0 Å². The second kappa shape index (κ2) is 9.67. The lowest BCUT2D eigenvalue weighted by molar-refractivity contribution is 1.27. The van der Waals surface area contributed by atoms with Crippen LogP contribution in [-0.2, 0) is 0 Å². The van der Waals surface area contributed by atoms with Crippen LogP contribution in [0.3, 0.4) is 0 Å². The van der Waals surface area contributed by atoms with Gasteiger partial charge in [0.05, 0.1) is 0 Å². The lowest BCUT2D eigenvalue weighted by Crippen LogP contribution is -2.29. The number of thioether (sulfide) groups is 1. The third kappa shape index (κ3) is 5.43. The fraction of sp³-hybridized carbons (Fsp3) is 0.0526. The summed E-state index contributed by atoms with van der Waals surface area (Å²) in [7, 11) is -1.88. The normalized spacial score (nSPS) is 11.7. The zero-order valence-corrected chi connectivity index (χ0v) is 21.5. The highest BCUT2D eigenvalue weighted by atomic mass is 35.8. The fourth-order valence-corrected chi connectivity index (χ4v) is 6.19. The van der Waals surface area contributed by atoms with Crippen molar-refractivity contribution < 1.29 is 0 Å². The summed E-state index contributed by atoms with van der Waals surface area (Å²) in [5.74, 6) is 0. The summed E-state index contributed by atoms with van der Waals surface area (Å²) in [6, 6.07) is 21.2. The van der Waals surface area contributed by atoms with Crippen LogP contribution in [0.15, 0.2) is 77.7 Å². The molecule has 9 heteroatoms. The Bertz CT molecular complexity index is 913. The van der Waals surface area contributed by atoms with Crippen molar-refractivity contribution in [1.82, 2.24) is 0 Å². The van der Waals surface area contributed by atoms with Crippen LogP contribution in [0.1, 0.15) is 0 Å². The zero-order chi connectivity index (χ0) is 20.3. The number of benzene rings is 3. The monoisotopic (exact) mass is 521 g/mol. The highest BCUT2D eigenvalue weighted by molar-refractivity contribution is 7.98. The SMILES string of the molecule is CSc1ccc(N(c2ccc([SiH](Cl)Cl)cc2)c2ccc([Si](Cl)(Cl)Cl)cc2)cc1. The van der Waals surface area contributed by atoms with E-state index in [0.29, 0.717) is 0 Å². The molecule has 28 heavy (non-hydrogen) atoms. The molecular formula is C19H16Cl5NSSi2. The highest BCUT2D eigenvalue weighted by Crippen LogP contribution is 2.35. The van der Waals surface area contributed by atoms with Crippen molar-refractivity contribution in [1.29, 1.82) is 0 Å². The number of hydrogen-bond donors (Lipinski definition) is 0. The molecule has 0 aliphatic carbocycles. The van der Waals surface area contributed by atoms with Gasteiger partial charge in [-0.25, -0.2) is 0 Å². The maximum absolute atomic E-state index is 6.14. The van der Waals surface area contributed by atoms with E-state index in [9.17, 15) is 0 Å². The van der Waals surface area contributed by atoms with Gasteiger partial charge in [-0.15, -0.1) is 67.2 Å². The van der Waals surface area contributed by atoms with Crippen LogP contribution in [0.2, 0.25) is 0 Å². The molecule has 0 aliphatic heterocycles. The fourth-order valence-electron chi connectivity index (χ4n) is 2.75. The molecule has 0 saturated carbocycles. The smallest absolute Gasteiger partial charge is 0.311 e. The van der Waals surface area contributed by atoms with E-state index in [1.54, 1.807) is 11.8 Å². The van der Waals surface area contributed by atoms with Crippen molar-refractivity contribution in [2.45, 2.75) is 4.90 Å². The number of rotatable bonds is 6. The van der Waals surface area contributed by atoms with Gasteiger partial charge in [0, 0.05) is 22.0 Å². The summed E-state index contributed by atoms with van der Waals surface area (Å²) in [4.78, 5) is 3.35. The van der Waals surface area contributed by atoms with E-state index in [1.807, 2.05) is 48.5 Å². The number of nitrogens with zero attached hydrogens (tertiary/aromatic N) is 1. The average molecular weight is 524 g/mol. The van der Waals surface area contributed by atoms with Crippen molar-refractivity contribution in [3.63, 3.8) is 0 Å². The first-order chi connectivity index (χ1) is 13.3. The molecule has 3 rings (SSSR count). The van der Waals surface area contributed by atoms with Crippen molar-refractivity contribution in [3.05, 3.63) is 72.8 Å². The topological polar surface area (TPSA) is 3.24 Å². The van der Waals surface area contributed by atoms with Crippen LogP contribution >= 0.6 is 67.2 Å². The van der Waals surface area contributed by atoms with Crippen molar-refractivity contribution in [3.8, 4) is 0 Å². The van der Waals surface area contributed by atoms with E-state index >= 15 is 0 Å². The van der Waals surface area contributed by atoms with Gasteiger partial charge in [-0.3, -0.25) is 0 Å². The molecule has 1 nitrogen and oxygen atoms in total. The Labute approximate surface area is 195 Å². The Morgan fingerprint density at radius 1 is 0.714 bits per heavy atom. The maximum Gasteiger partial charge on any atom is 0.372 e. The van der Waals surface area contributed by atoms with Gasteiger partial charge < -0.3 is 4.90 Å². The maximum atomic E-state index is 6.14. The predicted octanol–water partition coefficient (Wildman–Crippen LogP) is 6.65. The van der Waals surface area contributed by atoms with Gasteiger partial charge in [-0.05, 0) is 65.2 Å².